The molecule has 1 amide bonds. The first-order chi connectivity index (χ1) is 11.3. The molecule has 0 radical (unpaired) electrons. The molecular weight excluding hydrogens is 330 g/mol. The summed E-state index contributed by atoms with van der Waals surface area (Å²) in [5.74, 6) is 0.274. The van der Waals surface area contributed by atoms with Gasteiger partial charge in [0.15, 0.2) is 0 Å². The zero-order valence-corrected chi connectivity index (χ0v) is 15.1. The number of sulfonamides is 1. The summed E-state index contributed by atoms with van der Waals surface area (Å²) in [4.78, 5) is 12.6. The maximum Gasteiger partial charge on any atom is 0.268 e. The highest BCUT2D eigenvalue weighted by atomic mass is 32.2. The number of carbonyl (C=O) groups excluding carboxylic acids is 1. The minimum atomic E-state index is -3.59. The average Bonchev–Trinajstić information content (AvgIpc) is 3.17. The van der Waals surface area contributed by atoms with Gasteiger partial charge in [0, 0.05) is 26.3 Å². The van der Waals surface area contributed by atoms with Gasteiger partial charge in [-0.2, -0.15) is 4.31 Å². The van der Waals surface area contributed by atoms with Crippen molar-refractivity contribution in [2.45, 2.75) is 31.7 Å². The highest BCUT2D eigenvalue weighted by Gasteiger charge is 2.26. The van der Waals surface area contributed by atoms with Gasteiger partial charge in [-0.15, -0.1) is 0 Å². The second kappa shape index (κ2) is 7.23. The molecule has 1 atom stereocenters. The second-order valence-electron chi connectivity index (χ2n) is 5.47. The topological polar surface area (TPSA) is 84.6 Å². The van der Waals surface area contributed by atoms with Crippen molar-refractivity contribution >= 4 is 15.9 Å². The summed E-state index contributed by atoms with van der Waals surface area (Å²) in [5.41, 5.74) is 0.277. The minimum absolute atomic E-state index is 0.115. The fraction of sp³-hybridized carbons (Fsp3) is 0.438. The number of nitrogens with zero attached hydrogens (tertiary/aromatic N) is 2. The van der Waals surface area contributed by atoms with E-state index in [2.05, 4.69) is 5.32 Å². The van der Waals surface area contributed by atoms with Crippen molar-refractivity contribution in [2.75, 3.05) is 13.1 Å². The fourth-order valence-electron chi connectivity index (χ4n) is 2.49. The van der Waals surface area contributed by atoms with Gasteiger partial charge in [0.1, 0.15) is 16.3 Å². The standard InChI is InChI=1S/C16H23N3O4S/c1-5-19(6-2)24(21,22)13-10-14(18(4)11-13)16(20)17-12(3)15-8-7-9-23-15/h7-12H,5-6H2,1-4H3,(H,17,20)/t12-/m0/s1. The monoisotopic (exact) mass is 353 g/mol. The molecule has 0 unspecified atom stereocenters. The van der Waals surface area contributed by atoms with Crippen LogP contribution in [0.2, 0.25) is 0 Å². The SMILES string of the molecule is CCN(CC)S(=O)(=O)c1cc(C(=O)N[C@@H](C)c2ccco2)n(C)c1. The molecule has 0 aromatic carbocycles. The quantitative estimate of drug-likeness (QED) is 0.826. The van der Waals surface area contributed by atoms with Gasteiger partial charge in [-0.05, 0) is 25.1 Å². The van der Waals surface area contributed by atoms with Crippen molar-refractivity contribution in [3.05, 3.63) is 42.1 Å². The molecule has 7 nitrogen and oxygen atoms in total. The van der Waals surface area contributed by atoms with Crippen LogP contribution < -0.4 is 5.32 Å². The van der Waals surface area contributed by atoms with Crippen molar-refractivity contribution in [3.63, 3.8) is 0 Å². The molecule has 132 valence electrons. The highest BCUT2D eigenvalue weighted by Crippen LogP contribution is 2.19. The van der Waals surface area contributed by atoms with E-state index in [1.54, 1.807) is 40.0 Å². The lowest BCUT2D eigenvalue weighted by Gasteiger charge is -2.17. The van der Waals surface area contributed by atoms with Crippen LogP contribution in [0.5, 0.6) is 0 Å². The van der Waals surface area contributed by atoms with Crippen LogP contribution in [0.3, 0.4) is 0 Å². The number of rotatable bonds is 7. The molecule has 2 aromatic rings. The molecular formula is C16H23N3O4S. The lowest BCUT2D eigenvalue weighted by Crippen LogP contribution is -2.30. The zero-order valence-electron chi connectivity index (χ0n) is 14.3. The van der Waals surface area contributed by atoms with E-state index in [0.717, 1.165) is 0 Å². The molecule has 0 aliphatic carbocycles. The molecule has 0 aliphatic heterocycles. The molecule has 2 heterocycles. The van der Waals surface area contributed by atoms with Gasteiger partial charge in [0.25, 0.3) is 5.91 Å². The third-order valence-corrected chi connectivity index (χ3v) is 5.89. The second-order valence-corrected chi connectivity index (χ2v) is 7.41. The third kappa shape index (κ3) is 3.54. The predicted octanol–water partition coefficient (Wildman–Crippen LogP) is 2.14. The first-order valence-corrected chi connectivity index (χ1v) is 9.26. The Bertz CT molecular complexity index is 789. The summed E-state index contributed by atoms with van der Waals surface area (Å²) < 4.78 is 33.2. The minimum Gasteiger partial charge on any atom is -0.467 e. The Morgan fingerprint density at radius 1 is 1.38 bits per heavy atom. The van der Waals surface area contributed by atoms with Crippen molar-refractivity contribution in [2.24, 2.45) is 7.05 Å². The summed E-state index contributed by atoms with van der Waals surface area (Å²) in [5, 5.41) is 2.80. The van der Waals surface area contributed by atoms with Crippen molar-refractivity contribution in [3.8, 4) is 0 Å². The van der Waals surface area contributed by atoms with Crippen molar-refractivity contribution in [1.29, 1.82) is 0 Å². The van der Waals surface area contributed by atoms with Gasteiger partial charge < -0.3 is 14.3 Å². The zero-order chi connectivity index (χ0) is 17.9. The maximum atomic E-state index is 12.6. The molecule has 0 spiro atoms. The van der Waals surface area contributed by atoms with E-state index in [1.165, 1.54) is 27.4 Å². The number of hydrogen-bond acceptors (Lipinski definition) is 4. The molecule has 0 saturated carbocycles. The van der Waals surface area contributed by atoms with E-state index < -0.39 is 10.0 Å². The Balaban J connectivity index is 2.24. The van der Waals surface area contributed by atoms with Gasteiger partial charge in [0.2, 0.25) is 10.0 Å². The predicted molar refractivity (Wildman–Crippen MR) is 90.1 cm³/mol. The smallest absolute Gasteiger partial charge is 0.268 e. The van der Waals surface area contributed by atoms with Gasteiger partial charge in [0.05, 0.1) is 12.3 Å². The third-order valence-electron chi connectivity index (χ3n) is 3.87. The summed E-state index contributed by atoms with van der Waals surface area (Å²) in [7, 11) is -1.95. The highest BCUT2D eigenvalue weighted by molar-refractivity contribution is 7.89. The number of hydrogen-bond donors (Lipinski definition) is 1. The number of aromatic nitrogens is 1. The molecule has 0 aliphatic rings. The lowest BCUT2D eigenvalue weighted by atomic mass is 10.2. The lowest BCUT2D eigenvalue weighted by molar-refractivity contribution is 0.0927. The Kier molecular flexibility index (Phi) is 5.51. The molecule has 2 rings (SSSR count). The van der Waals surface area contributed by atoms with Crippen LogP contribution in [-0.2, 0) is 17.1 Å². The number of furan rings is 1. The number of aryl methyl sites for hydroxylation is 1. The maximum absolute atomic E-state index is 12.6. The summed E-state index contributed by atoms with van der Waals surface area (Å²) in [6.45, 7) is 6.12. The van der Waals surface area contributed by atoms with Gasteiger partial charge >= 0.3 is 0 Å². The molecule has 0 fully saturated rings. The number of carbonyl (C=O) groups is 1. The Labute approximate surface area is 142 Å². The van der Waals surface area contributed by atoms with Crippen LogP contribution in [0, 0.1) is 0 Å². The van der Waals surface area contributed by atoms with E-state index >= 15 is 0 Å². The Morgan fingerprint density at radius 2 is 2.04 bits per heavy atom. The van der Waals surface area contributed by atoms with E-state index in [0.29, 0.717) is 18.8 Å². The molecule has 24 heavy (non-hydrogen) atoms. The summed E-state index contributed by atoms with van der Waals surface area (Å²) in [6.07, 6.45) is 3.00. The molecule has 2 aromatic heterocycles. The van der Waals surface area contributed by atoms with Gasteiger partial charge in [-0.25, -0.2) is 8.42 Å². The first kappa shape index (κ1) is 18.3. The largest absolute Gasteiger partial charge is 0.467 e. The van der Waals surface area contributed by atoms with Crippen molar-refractivity contribution in [1.82, 2.24) is 14.2 Å². The van der Waals surface area contributed by atoms with Crippen LogP contribution >= 0.6 is 0 Å². The molecule has 8 heteroatoms. The van der Waals surface area contributed by atoms with Crippen LogP contribution in [0.4, 0.5) is 0 Å². The van der Waals surface area contributed by atoms with E-state index in [-0.39, 0.29) is 22.5 Å². The molecule has 1 N–H and O–H groups in total. The van der Waals surface area contributed by atoms with Crippen LogP contribution in [0.15, 0.2) is 40.0 Å². The normalized spacial score (nSPS) is 13.2. The number of nitrogens with one attached hydrogen (secondary N) is 1. The van der Waals surface area contributed by atoms with Crippen LogP contribution in [0.1, 0.15) is 43.1 Å². The summed E-state index contributed by atoms with van der Waals surface area (Å²) >= 11 is 0. The van der Waals surface area contributed by atoms with E-state index in [1.807, 2.05) is 0 Å². The van der Waals surface area contributed by atoms with Gasteiger partial charge in [-0.1, -0.05) is 13.8 Å². The first-order valence-electron chi connectivity index (χ1n) is 7.82. The Morgan fingerprint density at radius 3 is 2.58 bits per heavy atom. The molecule has 0 saturated heterocycles. The van der Waals surface area contributed by atoms with Gasteiger partial charge in [-0.3, -0.25) is 4.79 Å². The Hall–Kier alpha value is -2.06. The van der Waals surface area contributed by atoms with Crippen molar-refractivity contribution < 1.29 is 17.6 Å². The average molecular weight is 353 g/mol. The summed E-state index contributed by atoms with van der Waals surface area (Å²) in [6, 6.07) is 4.60. The van der Waals surface area contributed by atoms with E-state index in [9.17, 15) is 13.2 Å². The van der Waals surface area contributed by atoms with Crippen LogP contribution in [0.25, 0.3) is 0 Å². The fourth-order valence-corrected chi connectivity index (χ4v) is 4.02. The molecule has 0 bridgehead atoms. The van der Waals surface area contributed by atoms with Crippen LogP contribution in [-0.4, -0.2) is 36.3 Å². The number of amides is 1. The van der Waals surface area contributed by atoms with E-state index in [4.69, 9.17) is 4.42 Å².